The second-order valence-corrected chi connectivity index (χ2v) is 6.48. The number of aryl methyl sites for hydroxylation is 1. The maximum absolute atomic E-state index is 12.4. The molecule has 4 nitrogen and oxygen atoms in total. The summed E-state index contributed by atoms with van der Waals surface area (Å²) in [5.41, 5.74) is 0.927. The van der Waals surface area contributed by atoms with Gasteiger partial charge in [0.1, 0.15) is 5.75 Å². The summed E-state index contributed by atoms with van der Waals surface area (Å²) >= 11 is 5.99. The normalized spacial score (nSPS) is 18.9. The molecule has 22 heavy (non-hydrogen) atoms. The fraction of sp³-hybridized carbons (Fsp3) is 0.588. The monoisotopic (exact) mass is 325 g/mol. The Morgan fingerprint density at radius 3 is 2.55 bits per heavy atom. The summed E-state index contributed by atoms with van der Waals surface area (Å²) < 4.78 is 5.74. The van der Waals surface area contributed by atoms with E-state index < -0.39 is 6.10 Å². The van der Waals surface area contributed by atoms with E-state index in [9.17, 15) is 9.90 Å². The van der Waals surface area contributed by atoms with Crippen molar-refractivity contribution in [1.29, 1.82) is 0 Å². The van der Waals surface area contributed by atoms with Crippen LogP contribution in [0.2, 0.25) is 5.02 Å². The highest BCUT2D eigenvalue weighted by atomic mass is 35.5. The summed E-state index contributed by atoms with van der Waals surface area (Å²) in [6.45, 7) is 6.86. The zero-order chi connectivity index (χ0) is 16.3. The van der Waals surface area contributed by atoms with Gasteiger partial charge in [-0.05, 0) is 63.3 Å². The Bertz CT molecular complexity index is 525. The number of ether oxygens (including phenoxy) is 1. The Hall–Kier alpha value is -1.26. The lowest BCUT2D eigenvalue weighted by atomic mass is 9.92. The standard InChI is InChI=1S/C17H24ClNO3/c1-11-10-15(4-5-16(11)18)22-13(3)17(21)19-8-6-14(7-9-19)12(2)20/h4-5,10,12-14,20H,6-9H2,1-3H3. The first kappa shape index (κ1) is 17.1. The van der Waals surface area contributed by atoms with Crippen LogP contribution in [-0.4, -0.2) is 41.2 Å². The predicted octanol–water partition coefficient (Wildman–Crippen LogP) is 3.04. The molecule has 2 unspecified atom stereocenters. The van der Waals surface area contributed by atoms with E-state index in [-0.39, 0.29) is 12.0 Å². The van der Waals surface area contributed by atoms with Gasteiger partial charge in [0.15, 0.2) is 6.10 Å². The zero-order valence-corrected chi connectivity index (χ0v) is 14.1. The number of amides is 1. The van der Waals surface area contributed by atoms with Gasteiger partial charge in [-0.25, -0.2) is 0 Å². The summed E-state index contributed by atoms with van der Waals surface area (Å²) in [5, 5.41) is 10.3. The maximum atomic E-state index is 12.4. The van der Waals surface area contributed by atoms with Crippen LogP contribution in [0.15, 0.2) is 18.2 Å². The molecule has 1 heterocycles. The molecule has 0 aliphatic carbocycles. The Kier molecular flexibility index (Phi) is 5.70. The van der Waals surface area contributed by atoms with E-state index >= 15 is 0 Å². The Morgan fingerprint density at radius 1 is 1.36 bits per heavy atom. The second kappa shape index (κ2) is 7.34. The van der Waals surface area contributed by atoms with Crippen LogP contribution in [-0.2, 0) is 4.79 Å². The molecular formula is C17H24ClNO3. The number of benzene rings is 1. The van der Waals surface area contributed by atoms with Gasteiger partial charge in [-0.15, -0.1) is 0 Å². The van der Waals surface area contributed by atoms with E-state index in [2.05, 4.69) is 0 Å². The number of hydrogen-bond donors (Lipinski definition) is 1. The molecule has 1 aliphatic rings. The number of halogens is 1. The van der Waals surface area contributed by atoms with Crippen molar-refractivity contribution in [2.45, 2.75) is 45.8 Å². The molecule has 1 aliphatic heterocycles. The molecule has 0 aromatic heterocycles. The van der Waals surface area contributed by atoms with Crippen LogP contribution in [0.25, 0.3) is 0 Å². The number of carbonyl (C=O) groups excluding carboxylic acids is 1. The predicted molar refractivity (Wildman–Crippen MR) is 87.3 cm³/mol. The van der Waals surface area contributed by atoms with Crippen molar-refractivity contribution in [3.05, 3.63) is 28.8 Å². The van der Waals surface area contributed by atoms with Gasteiger partial charge >= 0.3 is 0 Å². The summed E-state index contributed by atoms with van der Waals surface area (Å²) in [7, 11) is 0. The van der Waals surface area contributed by atoms with Gasteiger partial charge in [-0.1, -0.05) is 11.6 Å². The Balaban J connectivity index is 1.91. The molecule has 0 saturated carbocycles. The fourth-order valence-corrected chi connectivity index (χ4v) is 2.92. The van der Waals surface area contributed by atoms with Gasteiger partial charge in [-0.3, -0.25) is 4.79 Å². The third-order valence-corrected chi connectivity index (χ3v) is 4.75. The molecule has 0 radical (unpaired) electrons. The molecule has 1 amide bonds. The molecule has 1 saturated heterocycles. The number of piperidine rings is 1. The average molecular weight is 326 g/mol. The molecule has 2 atom stereocenters. The van der Waals surface area contributed by atoms with E-state index in [1.54, 1.807) is 19.1 Å². The number of hydrogen-bond acceptors (Lipinski definition) is 3. The van der Waals surface area contributed by atoms with E-state index in [0.29, 0.717) is 29.8 Å². The lowest BCUT2D eigenvalue weighted by molar-refractivity contribution is -0.139. The Labute approximate surface area is 137 Å². The highest BCUT2D eigenvalue weighted by Gasteiger charge is 2.28. The minimum Gasteiger partial charge on any atom is -0.481 e. The molecule has 1 aromatic rings. The van der Waals surface area contributed by atoms with Crippen molar-refractivity contribution >= 4 is 17.5 Å². The van der Waals surface area contributed by atoms with Crippen LogP contribution in [0, 0.1) is 12.8 Å². The van der Waals surface area contributed by atoms with Crippen LogP contribution >= 0.6 is 11.6 Å². The number of aliphatic hydroxyl groups is 1. The minimum atomic E-state index is -0.524. The van der Waals surface area contributed by atoms with Gasteiger partial charge in [0.2, 0.25) is 0 Å². The largest absolute Gasteiger partial charge is 0.481 e. The molecule has 1 N–H and O–H groups in total. The third-order valence-electron chi connectivity index (χ3n) is 4.32. The van der Waals surface area contributed by atoms with E-state index in [0.717, 1.165) is 18.4 Å². The first-order valence-electron chi connectivity index (χ1n) is 7.78. The molecule has 1 aromatic carbocycles. The highest BCUT2D eigenvalue weighted by Crippen LogP contribution is 2.24. The molecular weight excluding hydrogens is 302 g/mol. The summed E-state index contributed by atoms with van der Waals surface area (Å²) in [4.78, 5) is 14.3. The molecule has 0 spiro atoms. The number of rotatable bonds is 4. The molecule has 1 fully saturated rings. The van der Waals surface area contributed by atoms with Crippen LogP contribution < -0.4 is 4.74 Å². The van der Waals surface area contributed by atoms with Crippen LogP contribution in [0.3, 0.4) is 0 Å². The molecule has 122 valence electrons. The van der Waals surface area contributed by atoms with Gasteiger partial charge < -0.3 is 14.7 Å². The molecule has 5 heteroatoms. The van der Waals surface area contributed by atoms with Gasteiger partial charge in [0.05, 0.1) is 6.10 Å². The first-order valence-corrected chi connectivity index (χ1v) is 8.16. The summed E-state index contributed by atoms with van der Waals surface area (Å²) in [6, 6.07) is 5.39. The van der Waals surface area contributed by atoms with Crippen molar-refractivity contribution in [3.8, 4) is 5.75 Å². The lowest BCUT2D eigenvalue weighted by Crippen LogP contribution is -2.46. The maximum Gasteiger partial charge on any atom is 0.263 e. The Morgan fingerprint density at radius 2 is 2.00 bits per heavy atom. The second-order valence-electron chi connectivity index (χ2n) is 6.07. The minimum absolute atomic E-state index is 0.00311. The fourth-order valence-electron chi connectivity index (χ4n) is 2.80. The summed E-state index contributed by atoms with van der Waals surface area (Å²) in [5.74, 6) is 0.942. The van der Waals surface area contributed by atoms with Crippen LogP contribution in [0.4, 0.5) is 0 Å². The number of aliphatic hydroxyl groups excluding tert-OH is 1. The van der Waals surface area contributed by atoms with E-state index in [1.165, 1.54) is 0 Å². The topological polar surface area (TPSA) is 49.8 Å². The highest BCUT2D eigenvalue weighted by molar-refractivity contribution is 6.31. The lowest BCUT2D eigenvalue weighted by Gasteiger charge is -2.34. The van der Waals surface area contributed by atoms with E-state index in [4.69, 9.17) is 16.3 Å². The molecule has 0 bridgehead atoms. The molecule has 2 rings (SSSR count). The smallest absolute Gasteiger partial charge is 0.263 e. The van der Waals surface area contributed by atoms with E-state index in [1.807, 2.05) is 24.8 Å². The van der Waals surface area contributed by atoms with Crippen molar-refractivity contribution < 1.29 is 14.6 Å². The quantitative estimate of drug-likeness (QED) is 0.925. The van der Waals surface area contributed by atoms with Crippen molar-refractivity contribution in [2.75, 3.05) is 13.1 Å². The van der Waals surface area contributed by atoms with Crippen molar-refractivity contribution in [3.63, 3.8) is 0 Å². The third kappa shape index (κ3) is 4.14. The van der Waals surface area contributed by atoms with Gasteiger partial charge in [0, 0.05) is 18.1 Å². The average Bonchev–Trinajstić information content (AvgIpc) is 2.50. The number of nitrogens with zero attached hydrogens (tertiary/aromatic N) is 1. The van der Waals surface area contributed by atoms with Crippen molar-refractivity contribution in [2.24, 2.45) is 5.92 Å². The summed E-state index contributed by atoms with van der Waals surface area (Å²) in [6.07, 6.45) is 0.860. The first-order chi connectivity index (χ1) is 10.4. The number of likely N-dealkylation sites (tertiary alicyclic amines) is 1. The number of carbonyl (C=O) groups is 1. The van der Waals surface area contributed by atoms with Crippen LogP contribution in [0.5, 0.6) is 5.75 Å². The van der Waals surface area contributed by atoms with Gasteiger partial charge in [-0.2, -0.15) is 0 Å². The van der Waals surface area contributed by atoms with Gasteiger partial charge in [0.25, 0.3) is 5.91 Å². The SMILES string of the molecule is Cc1cc(OC(C)C(=O)N2CCC(C(C)O)CC2)ccc1Cl. The van der Waals surface area contributed by atoms with Crippen molar-refractivity contribution in [1.82, 2.24) is 4.90 Å². The zero-order valence-electron chi connectivity index (χ0n) is 13.4. The van der Waals surface area contributed by atoms with Crippen LogP contribution in [0.1, 0.15) is 32.3 Å².